The highest BCUT2D eigenvalue weighted by atomic mass is 19.1. The number of rotatable bonds is 12. The van der Waals surface area contributed by atoms with Crippen LogP contribution in [0.1, 0.15) is 92.6 Å². The van der Waals surface area contributed by atoms with Gasteiger partial charge in [0.2, 0.25) is 0 Å². The second kappa shape index (κ2) is 13.8. The molecule has 2 aromatic carbocycles. The maximum atomic E-state index is 14.3. The van der Waals surface area contributed by atoms with E-state index >= 15 is 0 Å². The van der Waals surface area contributed by atoms with Crippen molar-refractivity contribution in [3.8, 4) is 5.75 Å². The Bertz CT molecular complexity index is 1390. The minimum atomic E-state index is -0.639. The molecule has 3 unspecified atom stereocenters. The zero-order valence-corrected chi connectivity index (χ0v) is 26.3. The zero-order valence-electron chi connectivity index (χ0n) is 26.3. The van der Waals surface area contributed by atoms with Crippen LogP contribution < -0.4 is 4.74 Å². The summed E-state index contributed by atoms with van der Waals surface area (Å²) < 4.78 is 21.8. The summed E-state index contributed by atoms with van der Waals surface area (Å²) in [4.78, 5) is 15.0. The van der Waals surface area contributed by atoms with E-state index in [1.807, 2.05) is 24.3 Å². The van der Waals surface area contributed by atoms with E-state index in [9.17, 15) is 14.3 Å². The number of nitrogens with zero attached hydrogens (tertiary/aromatic N) is 3. The number of benzene rings is 2. The smallest absolute Gasteiger partial charge is 0.306 e. The van der Waals surface area contributed by atoms with Crippen molar-refractivity contribution >= 4 is 5.97 Å². The van der Waals surface area contributed by atoms with Crippen LogP contribution in [0.3, 0.4) is 0 Å². The van der Waals surface area contributed by atoms with E-state index in [1.54, 1.807) is 13.2 Å². The van der Waals surface area contributed by atoms with E-state index in [0.717, 1.165) is 81.7 Å². The molecule has 0 radical (unpaired) electrons. The summed E-state index contributed by atoms with van der Waals surface area (Å²) in [5, 5.41) is 15.2. The van der Waals surface area contributed by atoms with Crippen molar-refractivity contribution in [1.82, 2.24) is 14.7 Å². The monoisotopic (exact) mass is 601 g/mol. The van der Waals surface area contributed by atoms with Crippen molar-refractivity contribution < 1.29 is 19.0 Å². The summed E-state index contributed by atoms with van der Waals surface area (Å²) in [5.41, 5.74) is 4.72. The molecule has 236 valence electrons. The fourth-order valence-electron chi connectivity index (χ4n) is 8.28. The van der Waals surface area contributed by atoms with Gasteiger partial charge in [-0.2, -0.15) is 5.10 Å². The first kappa shape index (κ1) is 30.8. The van der Waals surface area contributed by atoms with Crippen LogP contribution in [0, 0.1) is 29.5 Å². The Hall–Kier alpha value is -3.19. The topological polar surface area (TPSA) is 67.6 Å². The Morgan fingerprint density at radius 2 is 1.84 bits per heavy atom. The van der Waals surface area contributed by atoms with E-state index in [4.69, 9.17) is 9.84 Å². The third-order valence-electron chi connectivity index (χ3n) is 10.9. The first-order valence-electron chi connectivity index (χ1n) is 16.8. The molecule has 0 spiro atoms. The fourth-order valence-corrected chi connectivity index (χ4v) is 8.28. The van der Waals surface area contributed by atoms with Gasteiger partial charge in [0, 0.05) is 31.1 Å². The zero-order chi connectivity index (χ0) is 30.6. The van der Waals surface area contributed by atoms with Gasteiger partial charge in [-0.15, -0.1) is 0 Å². The second-order valence-electron chi connectivity index (χ2n) is 13.6. The average molecular weight is 602 g/mol. The number of ether oxygens (including phenoxy) is 1. The molecule has 3 fully saturated rings. The molecule has 3 aromatic rings. The molecule has 2 saturated carbocycles. The van der Waals surface area contributed by atoms with Crippen LogP contribution in [0.15, 0.2) is 54.6 Å². The predicted molar refractivity (Wildman–Crippen MR) is 171 cm³/mol. The van der Waals surface area contributed by atoms with Gasteiger partial charge >= 0.3 is 5.97 Å². The van der Waals surface area contributed by atoms with Crippen LogP contribution >= 0.6 is 0 Å². The number of hydrogen-bond donors (Lipinski definition) is 1. The van der Waals surface area contributed by atoms with Gasteiger partial charge in [0.1, 0.15) is 11.6 Å². The van der Waals surface area contributed by atoms with E-state index in [1.165, 1.54) is 36.6 Å². The Morgan fingerprint density at radius 1 is 1.07 bits per heavy atom. The molecule has 2 aliphatic carbocycles. The summed E-state index contributed by atoms with van der Waals surface area (Å²) in [6.07, 6.45) is 9.13. The number of halogens is 1. The molecule has 6 rings (SSSR count). The summed E-state index contributed by atoms with van der Waals surface area (Å²) in [7, 11) is 1.69. The molecule has 44 heavy (non-hydrogen) atoms. The molecule has 3 aliphatic rings. The maximum absolute atomic E-state index is 14.3. The summed E-state index contributed by atoms with van der Waals surface area (Å²) >= 11 is 0. The largest absolute Gasteiger partial charge is 0.497 e. The van der Waals surface area contributed by atoms with Crippen LogP contribution in [0.4, 0.5) is 4.39 Å². The van der Waals surface area contributed by atoms with Crippen LogP contribution in [-0.4, -0.2) is 52.5 Å². The quantitative estimate of drug-likeness (QED) is 0.233. The molecule has 2 heterocycles. The number of aromatic nitrogens is 2. The maximum Gasteiger partial charge on any atom is 0.306 e. The molecular formula is C37H48FN3O3. The Morgan fingerprint density at radius 3 is 2.48 bits per heavy atom. The van der Waals surface area contributed by atoms with Crippen LogP contribution in [0.25, 0.3) is 0 Å². The molecule has 1 saturated heterocycles. The molecule has 4 atom stereocenters. The second-order valence-corrected chi connectivity index (χ2v) is 13.6. The minimum absolute atomic E-state index is 0.159. The highest BCUT2D eigenvalue weighted by Crippen LogP contribution is 2.49. The molecular weight excluding hydrogens is 553 g/mol. The number of likely N-dealkylation sites (tertiary alicyclic amines) is 1. The summed E-state index contributed by atoms with van der Waals surface area (Å²) in [5.74, 6) is 1.51. The van der Waals surface area contributed by atoms with Crippen LogP contribution in [-0.2, 0) is 17.8 Å². The number of carbonyl (C=O) groups is 1. The predicted octanol–water partition coefficient (Wildman–Crippen LogP) is 7.52. The Labute approximate surface area is 261 Å². The summed E-state index contributed by atoms with van der Waals surface area (Å²) in [6, 6.07) is 17.6. The Balaban J connectivity index is 1.11. The molecule has 1 N–H and O–H groups in total. The van der Waals surface area contributed by atoms with Gasteiger partial charge in [0.05, 0.1) is 18.7 Å². The highest BCUT2D eigenvalue weighted by molar-refractivity contribution is 5.70. The van der Waals surface area contributed by atoms with Crippen molar-refractivity contribution in [2.24, 2.45) is 23.7 Å². The third kappa shape index (κ3) is 7.03. The van der Waals surface area contributed by atoms with Gasteiger partial charge in [-0.25, -0.2) is 4.39 Å². The first-order chi connectivity index (χ1) is 21.4. The molecule has 6 nitrogen and oxygen atoms in total. The number of piperidine rings is 1. The molecule has 0 amide bonds. The van der Waals surface area contributed by atoms with E-state index in [0.29, 0.717) is 17.8 Å². The SMILES string of the molecule is CCn1nc(Cc2ccc(OC)cc2)cc1C1CCN(CC2CC([C@H](CC3CCC3)C(=O)O)CC2c2cccc(F)c2)CC1. The first-order valence-corrected chi connectivity index (χ1v) is 16.8. The van der Waals surface area contributed by atoms with Crippen molar-refractivity contribution in [2.45, 2.75) is 83.1 Å². The van der Waals surface area contributed by atoms with E-state index in [-0.39, 0.29) is 23.6 Å². The lowest BCUT2D eigenvalue weighted by Gasteiger charge is -2.35. The van der Waals surface area contributed by atoms with Crippen LogP contribution in [0.5, 0.6) is 5.75 Å². The number of methoxy groups -OCH3 is 1. The molecule has 0 bridgehead atoms. The number of carboxylic acids is 1. The van der Waals surface area contributed by atoms with Crippen molar-refractivity contribution in [1.29, 1.82) is 0 Å². The standard InChI is InChI=1S/C37H48FN3O3/c1-3-41-36(23-32(39-41)18-26-10-12-33(44-2)13-11-26)27-14-16-40(17-15-27)24-30-20-29(35(37(42)43)19-25-6-4-7-25)22-34(30)28-8-5-9-31(38)21-28/h5,8-13,21,23,25,27,29-30,34-35H,3-4,6-7,14-20,22,24H2,1-2H3,(H,42,43)/t29?,30?,34?,35-/m0/s1. The number of aryl methyl sites for hydroxylation is 1. The van der Waals surface area contributed by atoms with Gasteiger partial charge in [-0.3, -0.25) is 9.48 Å². The summed E-state index contributed by atoms with van der Waals surface area (Å²) in [6.45, 7) is 6.03. The fraction of sp³-hybridized carbons (Fsp3) is 0.568. The lowest BCUT2D eigenvalue weighted by Crippen LogP contribution is -2.37. The average Bonchev–Trinajstić information content (AvgIpc) is 3.61. The van der Waals surface area contributed by atoms with Gasteiger partial charge in [0.25, 0.3) is 0 Å². The van der Waals surface area contributed by atoms with Crippen molar-refractivity contribution in [3.05, 3.63) is 82.9 Å². The minimum Gasteiger partial charge on any atom is -0.497 e. The van der Waals surface area contributed by atoms with Gasteiger partial charge in [0.15, 0.2) is 0 Å². The molecule has 1 aromatic heterocycles. The molecule has 7 heteroatoms. The molecule has 1 aliphatic heterocycles. The number of hydrogen-bond acceptors (Lipinski definition) is 4. The van der Waals surface area contributed by atoms with Gasteiger partial charge < -0.3 is 14.7 Å². The van der Waals surface area contributed by atoms with E-state index in [2.05, 4.69) is 34.7 Å². The Kier molecular flexibility index (Phi) is 9.70. The van der Waals surface area contributed by atoms with Gasteiger partial charge in [-0.05, 0) is 117 Å². The number of carboxylic acid groups (broad SMARTS) is 1. The van der Waals surface area contributed by atoms with E-state index < -0.39 is 5.97 Å². The van der Waals surface area contributed by atoms with Crippen molar-refractivity contribution in [3.63, 3.8) is 0 Å². The normalized spacial score (nSPS) is 23.8. The number of aliphatic carboxylic acids is 1. The highest BCUT2D eigenvalue weighted by Gasteiger charge is 2.43. The third-order valence-corrected chi connectivity index (χ3v) is 10.9. The lowest BCUT2D eigenvalue weighted by atomic mass is 9.74. The van der Waals surface area contributed by atoms with Gasteiger partial charge in [-0.1, -0.05) is 43.5 Å². The van der Waals surface area contributed by atoms with Crippen LogP contribution in [0.2, 0.25) is 0 Å². The van der Waals surface area contributed by atoms with Crippen molar-refractivity contribution in [2.75, 3.05) is 26.7 Å². The lowest BCUT2D eigenvalue weighted by molar-refractivity contribution is -0.144.